The van der Waals surface area contributed by atoms with Gasteiger partial charge in [0, 0.05) is 6.54 Å². The second-order valence-electron chi connectivity index (χ2n) is 10.4. The van der Waals surface area contributed by atoms with E-state index in [1.807, 2.05) is 12.1 Å². The molecule has 2 rings (SSSR count). The van der Waals surface area contributed by atoms with Crippen molar-refractivity contribution in [3.63, 3.8) is 0 Å². The van der Waals surface area contributed by atoms with Gasteiger partial charge in [-0.1, -0.05) is 65.0 Å². The summed E-state index contributed by atoms with van der Waals surface area (Å²) < 4.78 is 0. The zero-order chi connectivity index (χ0) is 24.4. The summed E-state index contributed by atoms with van der Waals surface area (Å²) in [6.45, 7) is 6.75. The molecule has 0 aliphatic heterocycles. The number of guanidine groups is 1. The number of aliphatic imine (C=N–C) groups is 1. The third kappa shape index (κ3) is 10.2. The molecular weight excluding hydrogens is 416 g/mol. The predicted octanol–water partition coefficient (Wildman–Crippen LogP) is 2.47. The minimum Gasteiger partial charge on any atom is -0.370 e. The normalized spacial score (nSPS) is 16.5. The summed E-state index contributed by atoms with van der Waals surface area (Å²) in [5.41, 5.74) is 18.5. The van der Waals surface area contributed by atoms with Gasteiger partial charge < -0.3 is 27.8 Å². The molecule has 2 atom stereocenters. The number of nitrogens with zero attached hydrogens (tertiary/aromatic N) is 1. The van der Waals surface area contributed by atoms with Crippen LogP contribution in [0.1, 0.15) is 71.3 Å². The van der Waals surface area contributed by atoms with E-state index in [0.29, 0.717) is 31.0 Å². The van der Waals surface area contributed by atoms with Crippen LogP contribution in [0.15, 0.2) is 29.3 Å². The Bertz CT molecular complexity index is 790. The summed E-state index contributed by atoms with van der Waals surface area (Å²) in [5, 5.41) is 5.92. The number of hydrogen-bond donors (Lipinski definition) is 5. The van der Waals surface area contributed by atoms with Crippen molar-refractivity contribution >= 4 is 23.5 Å². The van der Waals surface area contributed by atoms with Crippen LogP contribution < -0.4 is 27.8 Å². The first-order valence-corrected chi connectivity index (χ1v) is 12.1. The molecular formula is C25H42N6O2. The lowest BCUT2D eigenvalue weighted by Crippen LogP contribution is -2.53. The van der Waals surface area contributed by atoms with Crippen LogP contribution in [0.5, 0.6) is 0 Å². The summed E-state index contributed by atoms with van der Waals surface area (Å²) in [5.74, 6) is 0.166. The van der Waals surface area contributed by atoms with Gasteiger partial charge in [0.05, 0.1) is 11.7 Å². The Labute approximate surface area is 198 Å². The highest BCUT2D eigenvalue weighted by atomic mass is 16.2. The first-order valence-electron chi connectivity index (χ1n) is 12.1. The van der Waals surface area contributed by atoms with Crippen molar-refractivity contribution in [2.75, 3.05) is 6.54 Å². The molecule has 1 aromatic rings. The lowest BCUT2D eigenvalue weighted by molar-refractivity contribution is -0.130. The van der Waals surface area contributed by atoms with E-state index in [2.05, 4.69) is 36.4 Å². The molecule has 8 heteroatoms. The molecule has 2 amide bonds. The fourth-order valence-corrected chi connectivity index (χ4v) is 4.10. The highest BCUT2D eigenvalue weighted by molar-refractivity contribution is 5.89. The second kappa shape index (κ2) is 12.6. The van der Waals surface area contributed by atoms with Crippen LogP contribution in [0, 0.1) is 11.3 Å². The number of nitrogens with two attached hydrogens (primary N) is 3. The molecule has 0 bridgehead atoms. The molecule has 1 saturated carbocycles. The maximum absolute atomic E-state index is 12.9. The average Bonchev–Trinajstić information content (AvgIpc) is 2.76. The molecule has 0 spiro atoms. The van der Waals surface area contributed by atoms with E-state index in [1.165, 1.54) is 32.1 Å². The maximum atomic E-state index is 12.9. The number of benzene rings is 1. The van der Waals surface area contributed by atoms with Crippen LogP contribution in [0.3, 0.4) is 0 Å². The summed E-state index contributed by atoms with van der Waals surface area (Å²) >= 11 is 0. The summed E-state index contributed by atoms with van der Waals surface area (Å²) in [4.78, 5) is 29.7. The van der Waals surface area contributed by atoms with Crippen LogP contribution in [-0.4, -0.2) is 36.4 Å². The van der Waals surface area contributed by atoms with Crippen LogP contribution in [0.25, 0.3) is 0 Å². The van der Waals surface area contributed by atoms with Gasteiger partial charge in [-0.3, -0.25) is 9.59 Å². The van der Waals surface area contributed by atoms with Gasteiger partial charge in [-0.25, -0.2) is 4.99 Å². The highest BCUT2D eigenvalue weighted by Gasteiger charge is 2.26. The second-order valence-corrected chi connectivity index (χ2v) is 10.4. The minimum absolute atomic E-state index is 0.0113. The number of carbonyl (C=O) groups excluding carboxylic acids is 2. The third-order valence-electron chi connectivity index (χ3n) is 6.00. The van der Waals surface area contributed by atoms with Gasteiger partial charge in [0.15, 0.2) is 5.96 Å². The fourth-order valence-electron chi connectivity index (χ4n) is 4.10. The zero-order valence-electron chi connectivity index (χ0n) is 20.4. The molecule has 0 radical (unpaired) electrons. The monoisotopic (exact) mass is 458 g/mol. The Morgan fingerprint density at radius 3 is 2.27 bits per heavy atom. The Balaban J connectivity index is 1.97. The lowest BCUT2D eigenvalue weighted by Gasteiger charge is -2.26. The summed E-state index contributed by atoms with van der Waals surface area (Å²) in [6.07, 6.45) is 8.15. The van der Waals surface area contributed by atoms with Gasteiger partial charge in [-0.15, -0.1) is 0 Å². The molecule has 1 fully saturated rings. The Morgan fingerprint density at radius 1 is 1.06 bits per heavy atom. The molecule has 0 heterocycles. The standard InChI is InChI=1S/C25H42N6O2/c1-25(2,3)16-29-23(33)21(14-11-17-7-5-4-6-8-17)31-22(32)20(26)15-18-9-12-19(13-10-18)30-24(27)28/h9-10,12-13,17,20-21H,4-8,11,14-16,26H2,1-3H3,(H,29,33)(H,31,32)(H4,27,28,30)/t20-,21-/m0/s1. The van der Waals surface area contributed by atoms with Gasteiger partial charge in [-0.05, 0) is 48.3 Å². The molecule has 184 valence electrons. The van der Waals surface area contributed by atoms with Crippen LogP contribution in [0.4, 0.5) is 5.69 Å². The van der Waals surface area contributed by atoms with Crippen molar-refractivity contribution in [2.45, 2.75) is 84.2 Å². The minimum atomic E-state index is -0.758. The first-order chi connectivity index (χ1) is 15.5. The van der Waals surface area contributed by atoms with E-state index < -0.39 is 12.1 Å². The van der Waals surface area contributed by atoms with Crippen LogP contribution >= 0.6 is 0 Å². The Hall–Kier alpha value is -2.61. The smallest absolute Gasteiger partial charge is 0.242 e. The SMILES string of the molecule is CC(C)(C)CNC(=O)[C@H](CCC1CCCCC1)NC(=O)[C@@H](N)Cc1ccc(N=C(N)N)cc1. The van der Waals surface area contributed by atoms with E-state index in [4.69, 9.17) is 17.2 Å². The Kier molecular flexibility index (Phi) is 10.2. The van der Waals surface area contributed by atoms with E-state index in [1.54, 1.807) is 12.1 Å². The van der Waals surface area contributed by atoms with E-state index in [9.17, 15) is 9.59 Å². The van der Waals surface area contributed by atoms with E-state index >= 15 is 0 Å². The number of amides is 2. The van der Waals surface area contributed by atoms with Gasteiger partial charge in [-0.2, -0.15) is 0 Å². The topological polar surface area (TPSA) is 149 Å². The van der Waals surface area contributed by atoms with Gasteiger partial charge in [0.1, 0.15) is 6.04 Å². The molecule has 1 aromatic carbocycles. The van der Waals surface area contributed by atoms with Gasteiger partial charge in [0.25, 0.3) is 0 Å². The van der Waals surface area contributed by atoms with Crippen molar-refractivity contribution in [1.29, 1.82) is 0 Å². The number of carbonyl (C=O) groups is 2. The molecule has 1 aliphatic rings. The van der Waals surface area contributed by atoms with Crippen molar-refractivity contribution in [3.8, 4) is 0 Å². The van der Waals surface area contributed by atoms with Gasteiger partial charge in [0.2, 0.25) is 11.8 Å². The molecule has 0 unspecified atom stereocenters. The molecule has 33 heavy (non-hydrogen) atoms. The average molecular weight is 459 g/mol. The van der Waals surface area contributed by atoms with E-state index in [0.717, 1.165) is 12.0 Å². The molecule has 0 aromatic heterocycles. The largest absolute Gasteiger partial charge is 0.370 e. The first kappa shape index (κ1) is 26.6. The summed E-state index contributed by atoms with van der Waals surface area (Å²) in [6, 6.07) is 5.89. The Morgan fingerprint density at radius 2 is 1.70 bits per heavy atom. The maximum Gasteiger partial charge on any atom is 0.242 e. The number of hydrogen-bond acceptors (Lipinski definition) is 4. The van der Waals surface area contributed by atoms with Crippen LogP contribution in [-0.2, 0) is 16.0 Å². The lowest BCUT2D eigenvalue weighted by atomic mass is 9.85. The third-order valence-corrected chi connectivity index (χ3v) is 6.00. The molecule has 1 aliphatic carbocycles. The number of nitrogens with one attached hydrogen (secondary N) is 2. The van der Waals surface area contributed by atoms with E-state index in [-0.39, 0.29) is 23.2 Å². The predicted molar refractivity (Wildman–Crippen MR) is 134 cm³/mol. The molecule has 8 N–H and O–H groups in total. The quantitative estimate of drug-likeness (QED) is 0.270. The molecule has 0 saturated heterocycles. The van der Waals surface area contributed by atoms with Crippen LogP contribution in [0.2, 0.25) is 0 Å². The van der Waals surface area contributed by atoms with Crippen molar-refractivity contribution in [2.24, 2.45) is 33.5 Å². The zero-order valence-corrected chi connectivity index (χ0v) is 20.4. The molecule has 8 nitrogen and oxygen atoms in total. The fraction of sp³-hybridized carbons (Fsp3) is 0.640. The van der Waals surface area contributed by atoms with Gasteiger partial charge >= 0.3 is 0 Å². The van der Waals surface area contributed by atoms with Crippen molar-refractivity contribution < 1.29 is 9.59 Å². The number of rotatable bonds is 10. The van der Waals surface area contributed by atoms with Crippen molar-refractivity contribution in [3.05, 3.63) is 29.8 Å². The highest BCUT2D eigenvalue weighted by Crippen LogP contribution is 2.27. The summed E-state index contributed by atoms with van der Waals surface area (Å²) in [7, 11) is 0. The van der Waals surface area contributed by atoms with Crippen molar-refractivity contribution in [1.82, 2.24) is 10.6 Å².